The van der Waals surface area contributed by atoms with Crippen molar-refractivity contribution in [3.8, 4) is 22.5 Å². The van der Waals surface area contributed by atoms with Crippen molar-refractivity contribution in [3.63, 3.8) is 0 Å². The molecule has 0 aliphatic heterocycles. The Balaban J connectivity index is 0.000000294. The molecule has 0 bridgehead atoms. The fourth-order valence-corrected chi connectivity index (χ4v) is 10.00. The third kappa shape index (κ3) is 8.97. The first-order valence-corrected chi connectivity index (χ1v) is 23.1. The molecule has 6 rings (SSSR count). The zero-order valence-electron chi connectivity index (χ0n) is 27.0. The molecule has 2 aromatic heterocycles. The van der Waals surface area contributed by atoms with E-state index in [0.717, 1.165) is 28.8 Å². The number of pyridine rings is 2. The van der Waals surface area contributed by atoms with E-state index in [2.05, 4.69) is 112 Å². The summed E-state index contributed by atoms with van der Waals surface area (Å²) in [5.41, 5.74) is 7.74. The van der Waals surface area contributed by atoms with Crippen LogP contribution in [0.1, 0.15) is 83.2 Å². The molecule has 0 unspecified atom stereocenters. The molecule has 0 spiro atoms. The molecule has 2 heterocycles. The fraction of sp³-hybridized carbons (Fsp3) is 0.436. The van der Waals surface area contributed by atoms with E-state index in [4.69, 9.17) is 9.97 Å². The van der Waals surface area contributed by atoms with Crippen molar-refractivity contribution in [2.45, 2.75) is 110 Å². The van der Waals surface area contributed by atoms with Crippen molar-refractivity contribution < 1.29 is 21.5 Å². The monoisotopic (exact) mass is 801 g/mol. The molecule has 2 aromatic carbocycles. The zero-order chi connectivity index (χ0) is 29.7. The predicted molar refractivity (Wildman–Crippen MR) is 195 cm³/mol. The Morgan fingerprint density at radius 3 is 1.55 bits per heavy atom. The minimum absolute atomic E-state index is 0. The molecule has 44 heavy (non-hydrogen) atoms. The molecule has 2 saturated carbocycles. The van der Waals surface area contributed by atoms with Gasteiger partial charge in [0, 0.05) is 39.5 Å². The van der Waals surface area contributed by atoms with Gasteiger partial charge in [-0.1, -0.05) is 114 Å². The number of hydrogen-bond donors (Lipinski definition) is 0. The Morgan fingerprint density at radius 2 is 1.09 bits per heavy atom. The van der Waals surface area contributed by atoms with Crippen LogP contribution >= 0.6 is 0 Å². The molecule has 2 aliphatic rings. The number of nitrogens with zero attached hydrogens (tertiary/aromatic N) is 2. The van der Waals surface area contributed by atoms with Crippen LogP contribution in [0.3, 0.4) is 0 Å². The predicted octanol–water partition coefficient (Wildman–Crippen LogP) is 10.6. The van der Waals surface area contributed by atoms with Crippen LogP contribution in [0.15, 0.2) is 79.1 Å². The summed E-state index contributed by atoms with van der Waals surface area (Å²) in [6.07, 6.45) is 15.3. The van der Waals surface area contributed by atoms with E-state index < -0.39 is 16.1 Å². The van der Waals surface area contributed by atoms with Crippen molar-refractivity contribution in [1.82, 2.24) is 9.97 Å². The molecule has 2 fully saturated rings. The minimum atomic E-state index is -1.34. The van der Waals surface area contributed by atoms with Gasteiger partial charge in [0.15, 0.2) is 0 Å². The van der Waals surface area contributed by atoms with Crippen molar-refractivity contribution in [2.75, 3.05) is 0 Å². The van der Waals surface area contributed by atoms with E-state index >= 15 is 0 Å². The summed E-state index contributed by atoms with van der Waals surface area (Å²) in [6, 6.07) is 26.8. The van der Waals surface area contributed by atoms with Gasteiger partial charge in [0.25, 0.3) is 0 Å². The largest absolute Gasteiger partial charge is 0.305 e. The molecule has 0 N–H and O–H groups in total. The van der Waals surface area contributed by atoms with Crippen molar-refractivity contribution in [3.05, 3.63) is 96.3 Å². The van der Waals surface area contributed by atoms with Crippen LogP contribution in [-0.2, 0) is 20.1 Å². The molecule has 0 atom stereocenters. The molecule has 2 aliphatic carbocycles. The Kier molecular flexibility index (Phi) is 13.1. The van der Waals surface area contributed by atoms with Crippen molar-refractivity contribution in [1.29, 1.82) is 0 Å². The minimum Gasteiger partial charge on any atom is -0.305 e. The maximum atomic E-state index is 4.78. The average Bonchev–Trinajstić information content (AvgIpc) is 3.72. The molecule has 239 valence electrons. The summed E-state index contributed by atoms with van der Waals surface area (Å²) in [5, 5.41) is 3.11. The summed E-state index contributed by atoms with van der Waals surface area (Å²) in [4.78, 5) is 9.53. The Hall–Kier alpha value is -2.18. The topological polar surface area (TPSA) is 25.8 Å². The number of aromatic nitrogens is 2. The quantitative estimate of drug-likeness (QED) is 0.143. The van der Waals surface area contributed by atoms with E-state index in [1.54, 1.807) is 21.5 Å². The van der Waals surface area contributed by atoms with Gasteiger partial charge in [-0.15, -0.1) is 35.9 Å². The molecule has 4 aromatic rings. The second-order valence-corrected chi connectivity index (χ2v) is 24.5. The van der Waals surface area contributed by atoms with Crippen molar-refractivity contribution >= 4 is 26.5 Å². The Bertz CT molecular complexity index is 1340. The third-order valence-electron chi connectivity index (χ3n) is 9.13. The molecular weight excluding hydrogens is 745 g/mol. The van der Waals surface area contributed by atoms with Crippen LogP contribution in [0.2, 0.25) is 39.3 Å². The SMILES string of the molecule is C.C[Si](C)(C)c1cnc(-c2[c-]cccc2)cc1C1CCCC1.C[Si](C)(C)c1cnc(-c2ccccc2)cc1C1CCCC1.[2HH].[Ir]. The van der Waals surface area contributed by atoms with Crippen LogP contribution in [0.25, 0.3) is 22.5 Å². The Labute approximate surface area is 285 Å². The summed E-state index contributed by atoms with van der Waals surface area (Å²) in [6.45, 7) is 14.6. The summed E-state index contributed by atoms with van der Waals surface area (Å²) in [7, 11) is -2.67. The molecule has 1 radical (unpaired) electrons. The van der Waals surface area contributed by atoms with Crippen LogP contribution in [0.5, 0.6) is 0 Å². The normalized spacial score (nSPS) is 15.6. The van der Waals surface area contributed by atoms with E-state index in [1.165, 1.54) is 56.9 Å². The van der Waals surface area contributed by atoms with Crippen LogP contribution in [-0.4, -0.2) is 26.1 Å². The van der Waals surface area contributed by atoms with E-state index in [1.807, 2.05) is 12.1 Å². The molecule has 0 amide bonds. The van der Waals surface area contributed by atoms with Crippen LogP contribution in [0, 0.1) is 6.07 Å². The summed E-state index contributed by atoms with van der Waals surface area (Å²) < 4.78 is 0. The zero-order valence-corrected chi connectivity index (χ0v) is 31.4. The number of hydrogen-bond acceptors (Lipinski definition) is 2. The number of benzene rings is 2. The van der Waals surface area contributed by atoms with Crippen LogP contribution < -0.4 is 10.4 Å². The number of rotatable bonds is 6. The first-order chi connectivity index (χ1) is 20.1. The average molecular weight is 801 g/mol. The van der Waals surface area contributed by atoms with Gasteiger partial charge in [-0.05, 0) is 65.2 Å². The van der Waals surface area contributed by atoms with E-state index in [-0.39, 0.29) is 29.0 Å². The molecule has 5 heteroatoms. The van der Waals surface area contributed by atoms with Crippen LogP contribution in [0.4, 0.5) is 0 Å². The smallest absolute Gasteiger partial charge is 0.0799 e. The second-order valence-electron chi connectivity index (χ2n) is 14.4. The fourth-order valence-electron chi connectivity index (χ4n) is 6.81. The van der Waals surface area contributed by atoms with Gasteiger partial charge >= 0.3 is 0 Å². The maximum Gasteiger partial charge on any atom is 0.0799 e. The summed E-state index contributed by atoms with van der Waals surface area (Å²) >= 11 is 0. The van der Waals surface area contributed by atoms with E-state index in [9.17, 15) is 0 Å². The molecular formula is C39H55IrN2Si2-. The van der Waals surface area contributed by atoms with Gasteiger partial charge in [0.1, 0.15) is 0 Å². The standard InChI is InChI=1S/C19H25NSi.C19H24NSi.CH4.Ir.H2/c2*1-21(2,3)19-14-20-18(16-11-5-4-6-12-16)13-17(19)15-9-7-8-10-15;;;/h4-6,11-15H,7-10H2,1-3H3;4-6,11,13-15H,7-10H2,1-3H3;1H4;;1H/q;-1;;;/i;;;;1+1. The van der Waals surface area contributed by atoms with Gasteiger partial charge in [0.2, 0.25) is 0 Å². The second kappa shape index (κ2) is 15.9. The molecule has 0 saturated heterocycles. The maximum absolute atomic E-state index is 4.78. The summed E-state index contributed by atoms with van der Waals surface area (Å²) in [5.74, 6) is 1.51. The van der Waals surface area contributed by atoms with Gasteiger partial charge in [0.05, 0.1) is 21.8 Å². The van der Waals surface area contributed by atoms with Gasteiger partial charge in [-0.2, -0.15) is 0 Å². The van der Waals surface area contributed by atoms with Gasteiger partial charge in [-0.25, -0.2) is 0 Å². The first kappa shape index (κ1) is 36.3. The first-order valence-electron chi connectivity index (χ1n) is 16.1. The van der Waals surface area contributed by atoms with Crippen molar-refractivity contribution in [2.24, 2.45) is 0 Å². The van der Waals surface area contributed by atoms with E-state index in [0.29, 0.717) is 0 Å². The third-order valence-corrected chi connectivity index (χ3v) is 13.2. The van der Waals surface area contributed by atoms with Gasteiger partial charge < -0.3 is 4.98 Å². The Morgan fingerprint density at radius 1 is 0.636 bits per heavy atom. The molecule has 2 nitrogen and oxygen atoms in total. The van der Waals surface area contributed by atoms with Gasteiger partial charge in [-0.3, -0.25) is 4.98 Å².